The topological polar surface area (TPSA) is 44.6 Å². The fourth-order valence-electron chi connectivity index (χ4n) is 5.23. The van der Waals surface area contributed by atoms with Crippen LogP contribution in [-0.2, 0) is 19.6 Å². The zero-order valence-electron chi connectivity index (χ0n) is 19.9. The molecule has 4 aromatic rings. The first kappa shape index (κ1) is 25.9. The molecule has 0 amide bonds. The molecule has 0 spiro atoms. The molecule has 1 saturated heterocycles. The molecule has 186 valence electrons. The van der Waals surface area contributed by atoms with Crippen LogP contribution in [0.15, 0.2) is 53.6 Å². The van der Waals surface area contributed by atoms with E-state index in [1.165, 1.54) is 26.9 Å². The van der Waals surface area contributed by atoms with E-state index >= 15 is 0 Å². The molecule has 2 aliphatic heterocycles. The largest absolute Gasteiger partial charge is 0.368 e. The van der Waals surface area contributed by atoms with E-state index in [0.29, 0.717) is 6.54 Å². The number of hydrogen-bond donors (Lipinski definition) is 0. The molecule has 0 radical (unpaired) electrons. The lowest BCUT2D eigenvalue weighted by Crippen LogP contribution is -2.47. The van der Waals surface area contributed by atoms with Crippen LogP contribution in [0.3, 0.4) is 0 Å². The lowest BCUT2D eigenvalue weighted by atomic mass is 10.1. The molecule has 9 heteroatoms. The van der Waals surface area contributed by atoms with Crippen molar-refractivity contribution in [3.63, 3.8) is 0 Å². The van der Waals surface area contributed by atoms with Crippen molar-refractivity contribution >= 4 is 62.8 Å². The highest BCUT2D eigenvalue weighted by atomic mass is 35.5. The molecule has 0 aliphatic carbocycles. The Bertz CT molecular complexity index is 1370. The first-order valence-corrected chi connectivity index (χ1v) is 12.7. The molecule has 4 heterocycles. The van der Waals surface area contributed by atoms with Crippen molar-refractivity contribution in [3.05, 3.63) is 69.6 Å². The van der Waals surface area contributed by atoms with Gasteiger partial charge in [-0.15, -0.1) is 36.2 Å². The molecule has 1 fully saturated rings. The Labute approximate surface area is 222 Å². The number of rotatable bonds is 5. The molecule has 6 rings (SSSR count). The standard InChI is InChI=1S/C26H29N5OS.2ClH/c1-2-28-16-21-23(17-28)33-25-24(21)26(32)31(18-27-25)15-12-29-10-13-30(14-11-29)22-9-5-7-19-6-3-4-8-20(19)22;;/h3-9,18H,2,10-17H2,1H3;2*1H. The van der Waals surface area contributed by atoms with E-state index in [9.17, 15) is 4.79 Å². The van der Waals surface area contributed by atoms with E-state index < -0.39 is 0 Å². The fraction of sp³-hybridized carbons (Fsp3) is 0.385. The highest BCUT2D eigenvalue weighted by Crippen LogP contribution is 2.34. The molecule has 0 saturated carbocycles. The van der Waals surface area contributed by atoms with Gasteiger partial charge in [-0.05, 0) is 23.6 Å². The summed E-state index contributed by atoms with van der Waals surface area (Å²) in [6.07, 6.45) is 1.75. The van der Waals surface area contributed by atoms with Gasteiger partial charge in [0.1, 0.15) is 4.83 Å². The molecule has 2 aliphatic rings. The van der Waals surface area contributed by atoms with Gasteiger partial charge in [-0.3, -0.25) is 19.2 Å². The highest BCUT2D eigenvalue weighted by Gasteiger charge is 2.26. The number of thiophene rings is 1. The Balaban J connectivity index is 0.00000144. The third-order valence-electron chi connectivity index (χ3n) is 7.19. The maximum Gasteiger partial charge on any atom is 0.262 e. The Morgan fingerprint density at radius 1 is 0.914 bits per heavy atom. The van der Waals surface area contributed by atoms with Gasteiger partial charge in [0.15, 0.2) is 0 Å². The van der Waals surface area contributed by atoms with E-state index in [0.717, 1.165) is 62.6 Å². The van der Waals surface area contributed by atoms with Crippen LogP contribution in [0, 0.1) is 0 Å². The average molecular weight is 533 g/mol. The second-order valence-corrected chi connectivity index (χ2v) is 10.1. The molecule has 0 unspecified atom stereocenters. The van der Waals surface area contributed by atoms with Gasteiger partial charge in [0.25, 0.3) is 5.56 Å². The number of halogens is 2. The maximum atomic E-state index is 13.3. The summed E-state index contributed by atoms with van der Waals surface area (Å²) >= 11 is 1.69. The normalized spacial score (nSPS) is 16.3. The minimum atomic E-state index is 0. The zero-order chi connectivity index (χ0) is 22.4. The van der Waals surface area contributed by atoms with E-state index in [4.69, 9.17) is 0 Å². The van der Waals surface area contributed by atoms with Crippen molar-refractivity contribution in [1.82, 2.24) is 19.4 Å². The Morgan fingerprint density at radius 3 is 2.49 bits per heavy atom. The van der Waals surface area contributed by atoms with Crippen molar-refractivity contribution < 1.29 is 0 Å². The second-order valence-electron chi connectivity index (χ2n) is 9.06. The van der Waals surface area contributed by atoms with Crippen LogP contribution in [0.5, 0.6) is 0 Å². The van der Waals surface area contributed by atoms with E-state index in [1.807, 2.05) is 4.57 Å². The lowest BCUT2D eigenvalue weighted by molar-refractivity contribution is 0.247. The summed E-state index contributed by atoms with van der Waals surface area (Å²) < 4.78 is 1.82. The Hall–Kier alpha value is -2.16. The van der Waals surface area contributed by atoms with Crippen LogP contribution in [0.1, 0.15) is 17.4 Å². The highest BCUT2D eigenvalue weighted by molar-refractivity contribution is 7.18. The monoisotopic (exact) mass is 531 g/mol. The van der Waals surface area contributed by atoms with Crippen molar-refractivity contribution in [1.29, 1.82) is 0 Å². The summed E-state index contributed by atoms with van der Waals surface area (Å²) in [5.74, 6) is 0. The number of nitrogens with zero attached hydrogens (tertiary/aromatic N) is 5. The molecule has 2 aromatic carbocycles. The average Bonchev–Trinajstić information content (AvgIpc) is 3.41. The van der Waals surface area contributed by atoms with Crippen LogP contribution < -0.4 is 10.5 Å². The van der Waals surface area contributed by atoms with Gasteiger partial charge in [-0.1, -0.05) is 43.3 Å². The van der Waals surface area contributed by atoms with Crippen LogP contribution in [-0.4, -0.2) is 58.6 Å². The SMILES string of the molecule is CCN1Cc2sc3ncn(CCN4CCN(c5cccc6ccccc56)CC4)c(=O)c3c2C1.Cl.Cl. The molecule has 2 aromatic heterocycles. The van der Waals surface area contributed by atoms with Gasteiger partial charge in [0.05, 0.1) is 11.7 Å². The van der Waals surface area contributed by atoms with Crippen molar-refractivity contribution in [2.75, 3.05) is 44.2 Å². The van der Waals surface area contributed by atoms with Crippen molar-refractivity contribution in [2.24, 2.45) is 0 Å². The van der Waals surface area contributed by atoms with E-state index in [1.54, 1.807) is 17.7 Å². The predicted octanol–water partition coefficient (Wildman–Crippen LogP) is 4.61. The zero-order valence-corrected chi connectivity index (χ0v) is 22.3. The first-order valence-electron chi connectivity index (χ1n) is 11.9. The molecular formula is C26H31Cl2N5OS. The summed E-state index contributed by atoms with van der Waals surface area (Å²) in [5, 5.41) is 3.47. The van der Waals surface area contributed by atoms with Gasteiger partial charge in [0, 0.05) is 68.3 Å². The summed E-state index contributed by atoms with van der Waals surface area (Å²) in [6.45, 7) is 10.6. The number of hydrogen-bond acceptors (Lipinski definition) is 6. The number of aromatic nitrogens is 2. The molecule has 0 bridgehead atoms. The molecular weight excluding hydrogens is 501 g/mol. The van der Waals surface area contributed by atoms with Crippen LogP contribution in [0.2, 0.25) is 0 Å². The van der Waals surface area contributed by atoms with Gasteiger partial charge in [0.2, 0.25) is 0 Å². The number of benzene rings is 2. The molecule has 0 atom stereocenters. The lowest BCUT2D eigenvalue weighted by Gasteiger charge is -2.36. The van der Waals surface area contributed by atoms with Crippen molar-refractivity contribution in [2.45, 2.75) is 26.6 Å². The van der Waals surface area contributed by atoms with Gasteiger partial charge >= 0.3 is 0 Å². The number of fused-ring (bicyclic) bond motifs is 4. The molecule has 35 heavy (non-hydrogen) atoms. The summed E-state index contributed by atoms with van der Waals surface area (Å²) in [4.78, 5) is 27.5. The number of piperazine rings is 1. The van der Waals surface area contributed by atoms with Gasteiger partial charge in [-0.25, -0.2) is 4.98 Å². The quantitative estimate of drug-likeness (QED) is 0.376. The van der Waals surface area contributed by atoms with Crippen LogP contribution in [0.25, 0.3) is 21.0 Å². The van der Waals surface area contributed by atoms with Crippen LogP contribution in [0.4, 0.5) is 5.69 Å². The third kappa shape index (κ3) is 4.80. The van der Waals surface area contributed by atoms with E-state index in [-0.39, 0.29) is 30.4 Å². The molecule has 6 nitrogen and oxygen atoms in total. The first-order chi connectivity index (χ1) is 16.2. The van der Waals surface area contributed by atoms with Gasteiger partial charge in [-0.2, -0.15) is 0 Å². The third-order valence-corrected chi connectivity index (χ3v) is 8.32. The Morgan fingerprint density at radius 2 is 1.69 bits per heavy atom. The minimum absolute atomic E-state index is 0. The molecule has 0 N–H and O–H groups in total. The van der Waals surface area contributed by atoms with Gasteiger partial charge < -0.3 is 4.90 Å². The minimum Gasteiger partial charge on any atom is -0.368 e. The summed E-state index contributed by atoms with van der Waals surface area (Å²) in [5.41, 5.74) is 2.67. The number of anilines is 1. The van der Waals surface area contributed by atoms with Crippen LogP contribution >= 0.6 is 36.2 Å². The summed E-state index contributed by atoms with van der Waals surface area (Å²) in [6, 6.07) is 15.2. The summed E-state index contributed by atoms with van der Waals surface area (Å²) in [7, 11) is 0. The predicted molar refractivity (Wildman–Crippen MR) is 151 cm³/mol. The van der Waals surface area contributed by atoms with Crippen molar-refractivity contribution in [3.8, 4) is 0 Å². The second kappa shape index (κ2) is 10.8. The smallest absolute Gasteiger partial charge is 0.262 e. The maximum absolute atomic E-state index is 13.3. The van der Waals surface area contributed by atoms with E-state index in [2.05, 4.69) is 69.1 Å². The fourth-order valence-corrected chi connectivity index (χ4v) is 6.42. The Kier molecular flexibility index (Phi) is 8.03.